The molecule has 2 heterocycles. The number of anilines is 1. The minimum Gasteiger partial charge on any atom is -0.454 e. The summed E-state index contributed by atoms with van der Waals surface area (Å²) in [6.07, 6.45) is 2.80. The molecule has 4 nitrogen and oxygen atoms in total. The third-order valence-electron chi connectivity index (χ3n) is 3.48. The third-order valence-corrected chi connectivity index (χ3v) is 3.70. The summed E-state index contributed by atoms with van der Waals surface area (Å²) in [4.78, 5) is 4.42. The van der Waals surface area contributed by atoms with Gasteiger partial charge in [-0.2, -0.15) is 0 Å². The molecular formula is C15H17ClN2O2. The highest BCUT2D eigenvalue weighted by Gasteiger charge is 2.16. The van der Waals surface area contributed by atoms with Crippen LogP contribution in [-0.4, -0.2) is 24.2 Å². The molecule has 106 valence electrons. The van der Waals surface area contributed by atoms with E-state index < -0.39 is 0 Å². The molecule has 1 N–H and O–H groups in total. The number of nitrogens with one attached hydrogen (secondary N) is 1. The molecular weight excluding hydrogens is 276 g/mol. The summed E-state index contributed by atoms with van der Waals surface area (Å²) in [7, 11) is 0. The van der Waals surface area contributed by atoms with Gasteiger partial charge in [-0.25, -0.2) is 4.98 Å². The van der Waals surface area contributed by atoms with E-state index in [4.69, 9.17) is 21.1 Å². The number of fused-ring (bicyclic) bond motifs is 2. The molecule has 0 bridgehead atoms. The average molecular weight is 293 g/mol. The third kappa shape index (κ3) is 2.61. The summed E-state index contributed by atoms with van der Waals surface area (Å²) in [5.74, 6) is 3.65. The molecule has 0 aliphatic carbocycles. The maximum absolute atomic E-state index is 5.76. The molecule has 0 saturated heterocycles. The first-order valence-electron chi connectivity index (χ1n) is 6.76. The van der Waals surface area contributed by atoms with E-state index in [0.29, 0.717) is 11.8 Å². The summed E-state index contributed by atoms with van der Waals surface area (Å²) in [6, 6.07) is 5.95. The molecule has 1 aromatic carbocycles. The molecule has 5 heteroatoms. The predicted octanol–water partition coefficient (Wildman–Crippen LogP) is 3.64. The Hall–Kier alpha value is -1.68. The van der Waals surface area contributed by atoms with E-state index in [9.17, 15) is 0 Å². The Morgan fingerprint density at radius 2 is 2.15 bits per heavy atom. The van der Waals surface area contributed by atoms with Crippen LogP contribution in [0.2, 0.25) is 0 Å². The highest BCUT2D eigenvalue weighted by atomic mass is 35.5. The number of hydrogen-bond donors (Lipinski definition) is 1. The Kier molecular flexibility index (Phi) is 3.83. The van der Waals surface area contributed by atoms with Crippen molar-refractivity contribution in [1.29, 1.82) is 0 Å². The maximum Gasteiger partial charge on any atom is 0.231 e. The normalized spacial score (nSPS) is 14.5. The molecule has 1 atom stereocenters. The number of ether oxygens (including phenoxy) is 2. The van der Waals surface area contributed by atoms with E-state index in [1.54, 1.807) is 6.20 Å². The summed E-state index contributed by atoms with van der Waals surface area (Å²) < 4.78 is 10.8. The monoisotopic (exact) mass is 292 g/mol. The van der Waals surface area contributed by atoms with Crippen LogP contribution >= 0.6 is 11.6 Å². The molecule has 1 aliphatic rings. The molecule has 1 aromatic heterocycles. The molecule has 0 spiro atoms. The van der Waals surface area contributed by atoms with Crippen LogP contribution in [-0.2, 0) is 0 Å². The largest absolute Gasteiger partial charge is 0.454 e. The SMILES string of the molecule is CC(CCCl)CNc1nccc2cc3c(cc12)OCO3. The van der Waals surface area contributed by atoms with E-state index in [-0.39, 0.29) is 6.79 Å². The van der Waals surface area contributed by atoms with Crippen molar-refractivity contribution < 1.29 is 9.47 Å². The van der Waals surface area contributed by atoms with Gasteiger partial charge in [-0.15, -0.1) is 11.6 Å². The molecule has 0 saturated carbocycles. The first-order valence-corrected chi connectivity index (χ1v) is 7.29. The number of pyridine rings is 1. The zero-order valence-corrected chi connectivity index (χ0v) is 12.1. The lowest BCUT2D eigenvalue weighted by atomic mass is 10.1. The van der Waals surface area contributed by atoms with Gasteiger partial charge in [0.25, 0.3) is 0 Å². The van der Waals surface area contributed by atoms with Gasteiger partial charge in [0.2, 0.25) is 6.79 Å². The first kappa shape index (κ1) is 13.3. The summed E-state index contributed by atoms with van der Waals surface area (Å²) >= 11 is 5.76. The number of halogens is 1. The fraction of sp³-hybridized carbons (Fsp3) is 0.400. The number of nitrogens with zero attached hydrogens (tertiary/aromatic N) is 1. The van der Waals surface area contributed by atoms with Crippen molar-refractivity contribution in [3.63, 3.8) is 0 Å². The summed E-state index contributed by atoms with van der Waals surface area (Å²) in [6.45, 7) is 3.32. The molecule has 3 rings (SSSR count). The minimum absolute atomic E-state index is 0.286. The van der Waals surface area contributed by atoms with E-state index in [2.05, 4.69) is 17.2 Å². The van der Waals surface area contributed by atoms with Crippen LogP contribution in [0.15, 0.2) is 24.4 Å². The van der Waals surface area contributed by atoms with Crippen LogP contribution in [0, 0.1) is 5.92 Å². The zero-order valence-electron chi connectivity index (χ0n) is 11.4. The van der Waals surface area contributed by atoms with Gasteiger partial charge in [0.05, 0.1) is 0 Å². The van der Waals surface area contributed by atoms with Crippen LogP contribution in [0.1, 0.15) is 13.3 Å². The van der Waals surface area contributed by atoms with Crippen molar-refractivity contribution in [2.24, 2.45) is 5.92 Å². The van der Waals surface area contributed by atoms with Crippen LogP contribution in [0.4, 0.5) is 5.82 Å². The van der Waals surface area contributed by atoms with Crippen LogP contribution < -0.4 is 14.8 Å². The van der Waals surface area contributed by atoms with Gasteiger partial charge in [-0.3, -0.25) is 0 Å². The van der Waals surface area contributed by atoms with Gasteiger partial charge in [-0.05, 0) is 35.9 Å². The second-order valence-electron chi connectivity index (χ2n) is 5.05. The van der Waals surface area contributed by atoms with Crippen molar-refractivity contribution in [3.05, 3.63) is 24.4 Å². The van der Waals surface area contributed by atoms with Gasteiger partial charge in [0, 0.05) is 24.0 Å². The Labute approximate surface area is 123 Å². The second-order valence-corrected chi connectivity index (χ2v) is 5.43. The second kappa shape index (κ2) is 5.75. The highest BCUT2D eigenvalue weighted by molar-refractivity contribution is 6.17. The molecule has 1 unspecified atom stereocenters. The van der Waals surface area contributed by atoms with E-state index in [0.717, 1.165) is 41.1 Å². The lowest BCUT2D eigenvalue weighted by Gasteiger charge is -2.13. The standard InChI is InChI=1S/C15H17ClN2O2/c1-10(2-4-16)8-18-15-12-7-14-13(19-9-20-14)6-11(12)3-5-17-15/h3,5-7,10H,2,4,8-9H2,1H3,(H,17,18). The number of hydrogen-bond acceptors (Lipinski definition) is 4. The topological polar surface area (TPSA) is 43.4 Å². The van der Waals surface area contributed by atoms with Crippen LogP contribution in [0.25, 0.3) is 10.8 Å². The van der Waals surface area contributed by atoms with E-state index in [1.807, 2.05) is 18.2 Å². The first-order chi connectivity index (χ1) is 9.78. The molecule has 0 radical (unpaired) electrons. The summed E-state index contributed by atoms with van der Waals surface area (Å²) in [5.41, 5.74) is 0. The maximum atomic E-state index is 5.76. The van der Waals surface area contributed by atoms with Gasteiger partial charge >= 0.3 is 0 Å². The number of aromatic nitrogens is 1. The number of rotatable bonds is 5. The van der Waals surface area contributed by atoms with Crippen molar-refractivity contribution in [3.8, 4) is 11.5 Å². The van der Waals surface area contributed by atoms with Crippen molar-refractivity contribution in [1.82, 2.24) is 4.98 Å². The van der Waals surface area contributed by atoms with E-state index in [1.165, 1.54) is 0 Å². The van der Waals surface area contributed by atoms with Gasteiger partial charge in [0.15, 0.2) is 11.5 Å². The van der Waals surface area contributed by atoms with Crippen molar-refractivity contribution in [2.45, 2.75) is 13.3 Å². The smallest absolute Gasteiger partial charge is 0.231 e. The predicted molar refractivity (Wildman–Crippen MR) is 80.9 cm³/mol. The fourth-order valence-corrected chi connectivity index (χ4v) is 2.63. The van der Waals surface area contributed by atoms with E-state index >= 15 is 0 Å². The molecule has 20 heavy (non-hydrogen) atoms. The lowest BCUT2D eigenvalue weighted by Crippen LogP contribution is -2.12. The minimum atomic E-state index is 0.286. The fourth-order valence-electron chi connectivity index (χ4n) is 2.26. The lowest BCUT2D eigenvalue weighted by molar-refractivity contribution is 0.174. The molecule has 2 aromatic rings. The zero-order chi connectivity index (χ0) is 13.9. The van der Waals surface area contributed by atoms with Gasteiger partial charge in [-0.1, -0.05) is 6.92 Å². The van der Waals surface area contributed by atoms with Gasteiger partial charge < -0.3 is 14.8 Å². The molecule has 0 amide bonds. The molecule has 0 fully saturated rings. The Morgan fingerprint density at radius 1 is 1.35 bits per heavy atom. The average Bonchev–Trinajstić information content (AvgIpc) is 2.90. The quantitative estimate of drug-likeness (QED) is 0.855. The van der Waals surface area contributed by atoms with Crippen molar-refractivity contribution >= 4 is 28.2 Å². The highest BCUT2D eigenvalue weighted by Crippen LogP contribution is 2.37. The van der Waals surface area contributed by atoms with Crippen molar-refractivity contribution in [2.75, 3.05) is 24.5 Å². The number of benzene rings is 1. The van der Waals surface area contributed by atoms with Gasteiger partial charge in [0.1, 0.15) is 5.82 Å². The van der Waals surface area contributed by atoms with Crippen LogP contribution in [0.3, 0.4) is 0 Å². The Bertz CT molecular complexity index is 618. The Balaban J connectivity index is 1.87. The number of alkyl halides is 1. The molecule has 1 aliphatic heterocycles. The summed E-state index contributed by atoms with van der Waals surface area (Å²) in [5, 5.41) is 5.54. The Morgan fingerprint density at radius 3 is 2.95 bits per heavy atom. The van der Waals surface area contributed by atoms with Crippen LogP contribution in [0.5, 0.6) is 11.5 Å².